The fourth-order valence-electron chi connectivity index (χ4n) is 3.25. The van der Waals surface area contributed by atoms with Crippen molar-refractivity contribution in [2.45, 2.75) is 13.0 Å². The summed E-state index contributed by atoms with van der Waals surface area (Å²) in [6.07, 6.45) is 0. The Labute approximate surface area is 176 Å². The topological polar surface area (TPSA) is 94.0 Å². The number of halogens is 2. The molecule has 29 heavy (non-hydrogen) atoms. The van der Waals surface area contributed by atoms with Crippen LogP contribution in [0.25, 0.3) is 0 Å². The van der Waals surface area contributed by atoms with Crippen LogP contribution in [0.4, 0.5) is 11.6 Å². The number of amides is 1. The normalized spacial score (nSPS) is 15.5. The summed E-state index contributed by atoms with van der Waals surface area (Å²) in [5, 5.41) is 18.6. The molecule has 0 unspecified atom stereocenters. The van der Waals surface area contributed by atoms with Crippen LogP contribution in [-0.2, 0) is 4.79 Å². The van der Waals surface area contributed by atoms with E-state index in [9.17, 15) is 4.79 Å². The minimum absolute atomic E-state index is 0.336. The predicted octanol–water partition coefficient (Wildman–Crippen LogP) is 3.92. The number of tetrazole rings is 1. The van der Waals surface area contributed by atoms with Gasteiger partial charge in [0.15, 0.2) is 0 Å². The molecule has 2 heterocycles. The van der Waals surface area contributed by atoms with Crippen molar-refractivity contribution in [3.8, 4) is 5.75 Å². The van der Waals surface area contributed by atoms with Gasteiger partial charge in [0.25, 0.3) is 5.91 Å². The van der Waals surface area contributed by atoms with Crippen molar-refractivity contribution >= 4 is 40.7 Å². The molecule has 0 saturated carbocycles. The number of ether oxygens (including phenoxy) is 1. The molecule has 1 amide bonds. The minimum Gasteiger partial charge on any atom is -0.495 e. The van der Waals surface area contributed by atoms with Crippen molar-refractivity contribution in [2.75, 3.05) is 17.7 Å². The Balaban J connectivity index is 1.80. The van der Waals surface area contributed by atoms with Crippen molar-refractivity contribution in [3.63, 3.8) is 0 Å². The van der Waals surface area contributed by atoms with E-state index < -0.39 is 6.04 Å². The van der Waals surface area contributed by atoms with E-state index in [1.807, 2.05) is 12.1 Å². The van der Waals surface area contributed by atoms with Gasteiger partial charge in [-0.1, -0.05) is 46.5 Å². The van der Waals surface area contributed by atoms with E-state index in [-0.39, 0.29) is 5.91 Å². The maximum atomic E-state index is 13.3. The Bertz CT molecular complexity index is 1130. The molecule has 2 aromatic carbocycles. The van der Waals surface area contributed by atoms with Crippen LogP contribution in [0.2, 0.25) is 10.0 Å². The van der Waals surface area contributed by atoms with Gasteiger partial charge in [0.05, 0.1) is 18.4 Å². The number of carbonyl (C=O) groups excluding carboxylic acids is 1. The molecule has 0 radical (unpaired) electrons. The molecule has 8 nitrogen and oxygen atoms in total. The molecule has 1 aromatic heterocycles. The fourth-order valence-corrected chi connectivity index (χ4v) is 3.77. The SMILES string of the molecule is COc1ccccc1NC(=O)C1=C(C)Nc2nnnn2[C@@H]1c1ccc(Cl)cc1Cl. The Kier molecular flexibility index (Phi) is 5.12. The molecule has 0 bridgehead atoms. The Morgan fingerprint density at radius 1 is 1.24 bits per heavy atom. The first-order valence-corrected chi connectivity index (χ1v) is 9.40. The zero-order valence-corrected chi connectivity index (χ0v) is 17.0. The lowest BCUT2D eigenvalue weighted by molar-refractivity contribution is -0.113. The first-order valence-electron chi connectivity index (χ1n) is 8.64. The Morgan fingerprint density at radius 3 is 2.79 bits per heavy atom. The van der Waals surface area contributed by atoms with E-state index in [0.717, 1.165) is 0 Å². The minimum atomic E-state index is -0.638. The lowest BCUT2D eigenvalue weighted by Gasteiger charge is -2.28. The summed E-state index contributed by atoms with van der Waals surface area (Å²) in [6.45, 7) is 1.78. The number of allylic oxidation sites excluding steroid dienone is 1. The second kappa shape index (κ2) is 7.73. The standard InChI is InChI=1S/C19H16Cl2N6O2/c1-10-16(18(28)23-14-5-3-4-6-15(14)29-2)17(27-19(22-10)24-25-26-27)12-8-7-11(20)9-13(12)21/h3-9,17H,1-2H3,(H,23,28)(H,22,24,26)/t17-/m1/s1. The van der Waals surface area contributed by atoms with Crippen LogP contribution in [0, 0.1) is 0 Å². The van der Waals surface area contributed by atoms with E-state index in [0.29, 0.717) is 44.3 Å². The fraction of sp³-hybridized carbons (Fsp3) is 0.158. The highest BCUT2D eigenvalue weighted by atomic mass is 35.5. The van der Waals surface area contributed by atoms with Crippen LogP contribution in [0.3, 0.4) is 0 Å². The van der Waals surface area contributed by atoms with Gasteiger partial charge >= 0.3 is 0 Å². The summed E-state index contributed by atoms with van der Waals surface area (Å²) in [6, 6.07) is 11.6. The number of methoxy groups -OCH3 is 1. The van der Waals surface area contributed by atoms with Gasteiger partial charge in [0.1, 0.15) is 11.8 Å². The van der Waals surface area contributed by atoms with E-state index >= 15 is 0 Å². The van der Waals surface area contributed by atoms with E-state index in [1.54, 1.807) is 44.4 Å². The molecular formula is C19H16Cl2N6O2. The molecule has 3 aromatic rings. The molecule has 148 valence electrons. The number of rotatable bonds is 4. The molecule has 2 N–H and O–H groups in total. The van der Waals surface area contributed by atoms with Gasteiger partial charge in [-0.2, -0.15) is 4.68 Å². The number of nitrogens with one attached hydrogen (secondary N) is 2. The average Bonchev–Trinajstić information content (AvgIpc) is 3.15. The summed E-state index contributed by atoms with van der Waals surface area (Å²) in [4.78, 5) is 13.3. The van der Waals surface area contributed by atoms with E-state index in [1.165, 1.54) is 4.68 Å². The van der Waals surface area contributed by atoms with Crippen LogP contribution in [0.15, 0.2) is 53.7 Å². The van der Waals surface area contributed by atoms with Gasteiger partial charge < -0.3 is 15.4 Å². The van der Waals surface area contributed by atoms with Crippen molar-refractivity contribution in [3.05, 3.63) is 69.3 Å². The van der Waals surface area contributed by atoms with Gasteiger partial charge in [-0.25, -0.2) is 0 Å². The number of hydrogen-bond donors (Lipinski definition) is 2. The number of carbonyl (C=O) groups is 1. The first-order chi connectivity index (χ1) is 14.0. The van der Waals surface area contributed by atoms with Gasteiger partial charge in [0, 0.05) is 21.3 Å². The highest BCUT2D eigenvalue weighted by molar-refractivity contribution is 6.35. The number of nitrogens with zero attached hydrogens (tertiary/aromatic N) is 4. The number of hydrogen-bond acceptors (Lipinski definition) is 6. The number of anilines is 2. The molecule has 0 fully saturated rings. The molecule has 0 saturated heterocycles. The Hall–Kier alpha value is -3.10. The third kappa shape index (κ3) is 3.52. The highest BCUT2D eigenvalue weighted by Gasteiger charge is 2.35. The monoisotopic (exact) mass is 430 g/mol. The van der Waals surface area contributed by atoms with Crippen LogP contribution in [-0.4, -0.2) is 33.2 Å². The molecule has 10 heteroatoms. The van der Waals surface area contributed by atoms with E-state index in [4.69, 9.17) is 27.9 Å². The third-order valence-corrected chi connectivity index (χ3v) is 5.13. The summed E-state index contributed by atoms with van der Waals surface area (Å²) in [5.41, 5.74) is 2.22. The third-order valence-electron chi connectivity index (χ3n) is 4.57. The number of para-hydroxylation sites is 2. The summed E-state index contributed by atoms with van der Waals surface area (Å²) < 4.78 is 6.84. The highest BCUT2D eigenvalue weighted by Crippen LogP contribution is 2.39. The number of fused-ring (bicyclic) bond motifs is 1. The lowest BCUT2D eigenvalue weighted by atomic mass is 9.95. The first kappa shape index (κ1) is 19.2. The van der Waals surface area contributed by atoms with Crippen LogP contribution < -0.4 is 15.4 Å². The van der Waals surface area contributed by atoms with E-state index in [2.05, 4.69) is 26.2 Å². The summed E-state index contributed by atoms with van der Waals surface area (Å²) in [7, 11) is 1.54. The molecular weight excluding hydrogens is 415 g/mol. The zero-order chi connectivity index (χ0) is 20.5. The molecule has 0 aliphatic carbocycles. The molecule has 1 aliphatic heterocycles. The second-order valence-electron chi connectivity index (χ2n) is 6.33. The maximum absolute atomic E-state index is 13.3. The largest absolute Gasteiger partial charge is 0.495 e. The molecule has 4 rings (SSSR count). The van der Waals surface area contributed by atoms with Crippen molar-refractivity contribution in [2.24, 2.45) is 0 Å². The van der Waals surface area contributed by atoms with Gasteiger partial charge in [-0.3, -0.25) is 4.79 Å². The van der Waals surface area contributed by atoms with Crippen molar-refractivity contribution in [1.82, 2.24) is 20.2 Å². The number of aromatic nitrogens is 4. The molecule has 1 atom stereocenters. The quantitative estimate of drug-likeness (QED) is 0.651. The predicted molar refractivity (Wildman–Crippen MR) is 110 cm³/mol. The van der Waals surface area contributed by atoms with Crippen LogP contribution in [0.1, 0.15) is 18.5 Å². The average molecular weight is 431 g/mol. The number of benzene rings is 2. The summed E-state index contributed by atoms with van der Waals surface area (Å²) in [5.74, 6) is 0.621. The van der Waals surface area contributed by atoms with Gasteiger partial charge in [0.2, 0.25) is 5.95 Å². The molecule has 1 aliphatic rings. The Morgan fingerprint density at radius 2 is 2.03 bits per heavy atom. The van der Waals surface area contributed by atoms with Crippen molar-refractivity contribution < 1.29 is 9.53 Å². The van der Waals surface area contributed by atoms with Crippen LogP contribution in [0.5, 0.6) is 5.75 Å². The molecule has 0 spiro atoms. The lowest BCUT2D eigenvalue weighted by Crippen LogP contribution is -2.31. The second-order valence-corrected chi connectivity index (χ2v) is 7.18. The van der Waals surface area contributed by atoms with Gasteiger partial charge in [-0.15, -0.1) is 0 Å². The maximum Gasteiger partial charge on any atom is 0.255 e. The van der Waals surface area contributed by atoms with Crippen molar-refractivity contribution in [1.29, 1.82) is 0 Å². The zero-order valence-electron chi connectivity index (χ0n) is 15.5. The smallest absolute Gasteiger partial charge is 0.255 e. The van der Waals surface area contributed by atoms with Crippen LogP contribution >= 0.6 is 23.2 Å². The summed E-state index contributed by atoms with van der Waals surface area (Å²) >= 11 is 12.5. The van der Waals surface area contributed by atoms with Gasteiger partial charge in [-0.05, 0) is 41.6 Å².